The molecule has 2 aromatic carbocycles. The van der Waals surface area contributed by atoms with Crippen molar-refractivity contribution in [3.8, 4) is 0 Å². The maximum atomic E-state index is 6.46. The molecule has 0 radical (unpaired) electrons. The third-order valence-corrected chi connectivity index (χ3v) is 6.25. The summed E-state index contributed by atoms with van der Waals surface area (Å²) in [6, 6.07) is 12.3. The second-order valence-electron chi connectivity index (χ2n) is 8.72. The smallest absolute Gasteiger partial charge is 0.187 e. The molecule has 1 aliphatic heterocycles. The first-order valence-electron chi connectivity index (χ1n) is 11.1. The predicted molar refractivity (Wildman–Crippen MR) is 126 cm³/mol. The molecular formula is C26H31ClN2O3. The van der Waals surface area contributed by atoms with Crippen molar-refractivity contribution < 1.29 is 14.2 Å². The molecule has 0 saturated carbocycles. The van der Waals surface area contributed by atoms with E-state index in [-0.39, 0.29) is 6.10 Å². The molecule has 5 nitrogen and oxygen atoms in total. The van der Waals surface area contributed by atoms with Gasteiger partial charge in [0, 0.05) is 23.8 Å². The lowest BCUT2D eigenvalue weighted by Crippen LogP contribution is -2.37. The van der Waals surface area contributed by atoms with Crippen LogP contribution in [0.15, 0.2) is 55.1 Å². The van der Waals surface area contributed by atoms with Crippen molar-refractivity contribution in [1.29, 1.82) is 0 Å². The van der Waals surface area contributed by atoms with Crippen molar-refractivity contribution >= 4 is 11.6 Å². The number of aromatic nitrogens is 2. The number of hydrogen-bond acceptors (Lipinski definition) is 4. The zero-order valence-corrected chi connectivity index (χ0v) is 19.8. The van der Waals surface area contributed by atoms with E-state index in [9.17, 15) is 0 Å². The first-order valence-corrected chi connectivity index (χ1v) is 11.5. The average molecular weight is 455 g/mol. The monoisotopic (exact) mass is 454 g/mol. The van der Waals surface area contributed by atoms with E-state index in [2.05, 4.69) is 50.0 Å². The lowest BCUT2D eigenvalue weighted by Gasteiger charge is -2.28. The molecule has 0 aliphatic carbocycles. The molecule has 0 bridgehead atoms. The fourth-order valence-electron chi connectivity index (χ4n) is 4.37. The summed E-state index contributed by atoms with van der Waals surface area (Å²) in [5.41, 5.74) is 6.27. The standard InChI is InChI=1S/C26H31ClN2O3/c1-19-12-20(2)25(21(3)13-19)16-30-14-24-15-31-26(32-24,17-29-11-10-28-18-29)9-8-22-4-6-23(27)7-5-22/h4-7,10-13,18,24H,8-9,14-17H2,1-3H3. The van der Waals surface area contributed by atoms with E-state index in [1.165, 1.54) is 27.8 Å². The Morgan fingerprint density at radius 3 is 2.59 bits per heavy atom. The van der Waals surface area contributed by atoms with Gasteiger partial charge in [0.2, 0.25) is 0 Å². The van der Waals surface area contributed by atoms with E-state index in [0.29, 0.717) is 26.4 Å². The van der Waals surface area contributed by atoms with Crippen LogP contribution in [0.25, 0.3) is 0 Å². The molecule has 2 heterocycles. The maximum Gasteiger partial charge on any atom is 0.187 e. The Morgan fingerprint density at radius 1 is 1.16 bits per heavy atom. The van der Waals surface area contributed by atoms with Crippen molar-refractivity contribution in [2.45, 2.75) is 58.7 Å². The third kappa shape index (κ3) is 5.78. The van der Waals surface area contributed by atoms with Crippen LogP contribution in [0.4, 0.5) is 0 Å². The Kier molecular flexibility index (Phi) is 7.31. The van der Waals surface area contributed by atoms with Gasteiger partial charge >= 0.3 is 0 Å². The Morgan fingerprint density at radius 2 is 1.91 bits per heavy atom. The zero-order valence-electron chi connectivity index (χ0n) is 19.0. The van der Waals surface area contributed by atoms with Gasteiger partial charge < -0.3 is 18.8 Å². The van der Waals surface area contributed by atoms with Crippen molar-refractivity contribution in [2.75, 3.05) is 13.2 Å². The van der Waals surface area contributed by atoms with Crippen LogP contribution in [0.2, 0.25) is 5.02 Å². The van der Waals surface area contributed by atoms with Crippen LogP contribution < -0.4 is 0 Å². The van der Waals surface area contributed by atoms with Gasteiger partial charge in [0.25, 0.3) is 0 Å². The van der Waals surface area contributed by atoms with Crippen LogP contribution in [-0.2, 0) is 33.8 Å². The lowest BCUT2D eigenvalue weighted by molar-refractivity contribution is -0.187. The first-order chi connectivity index (χ1) is 15.4. The summed E-state index contributed by atoms with van der Waals surface area (Å²) >= 11 is 6.03. The summed E-state index contributed by atoms with van der Waals surface area (Å²) in [7, 11) is 0. The maximum absolute atomic E-state index is 6.46. The Labute approximate surface area is 195 Å². The minimum atomic E-state index is -0.704. The topological polar surface area (TPSA) is 45.5 Å². The fraction of sp³-hybridized carbons (Fsp3) is 0.423. The molecule has 2 atom stereocenters. The van der Waals surface area contributed by atoms with Gasteiger partial charge in [0.15, 0.2) is 5.79 Å². The first kappa shape index (κ1) is 23.0. The summed E-state index contributed by atoms with van der Waals surface area (Å²) in [6.07, 6.45) is 6.97. The third-order valence-electron chi connectivity index (χ3n) is 5.99. The Balaban J connectivity index is 1.37. The highest BCUT2D eigenvalue weighted by molar-refractivity contribution is 6.30. The van der Waals surface area contributed by atoms with Gasteiger partial charge in [-0.05, 0) is 61.6 Å². The van der Waals surface area contributed by atoms with Gasteiger partial charge in [0.05, 0.1) is 32.7 Å². The molecule has 4 rings (SSSR count). The summed E-state index contributed by atoms with van der Waals surface area (Å²) in [5.74, 6) is -0.704. The molecule has 0 N–H and O–H groups in total. The molecule has 0 amide bonds. The van der Waals surface area contributed by atoms with Crippen LogP contribution in [0, 0.1) is 20.8 Å². The molecule has 1 saturated heterocycles. The second-order valence-corrected chi connectivity index (χ2v) is 9.15. The lowest BCUT2D eigenvalue weighted by atomic mass is 10.0. The number of aryl methyl sites for hydroxylation is 4. The number of benzene rings is 2. The van der Waals surface area contributed by atoms with E-state index >= 15 is 0 Å². The van der Waals surface area contributed by atoms with Crippen molar-refractivity contribution in [3.63, 3.8) is 0 Å². The normalized spacial score (nSPS) is 20.7. The minimum absolute atomic E-state index is 0.102. The van der Waals surface area contributed by atoms with Crippen LogP contribution in [-0.4, -0.2) is 34.7 Å². The number of rotatable bonds is 9. The summed E-state index contributed by atoms with van der Waals surface area (Å²) in [6.45, 7) is 8.59. The number of ether oxygens (including phenoxy) is 3. The number of halogens is 1. The van der Waals surface area contributed by atoms with E-state index in [1.807, 2.05) is 22.9 Å². The Bertz CT molecular complexity index is 997. The van der Waals surface area contributed by atoms with Crippen molar-refractivity contribution in [2.24, 2.45) is 0 Å². The van der Waals surface area contributed by atoms with Gasteiger partial charge in [-0.3, -0.25) is 0 Å². The van der Waals surface area contributed by atoms with E-state index in [0.717, 1.165) is 17.9 Å². The fourth-order valence-corrected chi connectivity index (χ4v) is 4.49. The summed E-state index contributed by atoms with van der Waals surface area (Å²) < 4.78 is 20.8. The highest BCUT2D eigenvalue weighted by Gasteiger charge is 2.41. The van der Waals surface area contributed by atoms with Crippen LogP contribution in [0.5, 0.6) is 0 Å². The summed E-state index contributed by atoms with van der Waals surface area (Å²) in [4.78, 5) is 4.16. The molecule has 2 unspecified atom stereocenters. The van der Waals surface area contributed by atoms with Gasteiger partial charge in [-0.25, -0.2) is 4.98 Å². The van der Waals surface area contributed by atoms with E-state index < -0.39 is 5.79 Å². The molecule has 3 aromatic rings. The number of imidazole rings is 1. The molecule has 32 heavy (non-hydrogen) atoms. The highest BCUT2D eigenvalue weighted by Crippen LogP contribution is 2.31. The predicted octanol–water partition coefficient (Wildman–Crippen LogP) is 5.42. The van der Waals surface area contributed by atoms with Crippen LogP contribution in [0.1, 0.15) is 34.2 Å². The van der Waals surface area contributed by atoms with Gasteiger partial charge in [-0.1, -0.05) is 41.4 Å². The zero-order chi connectivity index (χ0) is 22.6. The van der Waals surface area contributed by atoms with Crippen LogP contribution in [0.3, 0.4) is 0 Å². The molecule has 1 fully saturated rings. The average Bonchev–Trinajstić information content (AvgIpc) is 3.40. The van der Waals surface area contributed by atoms with Crippen molar-refractivity contribution in [3.05, 3.63) is 88.0 Å². The quantitative estimate of drug-likeness (QED) is 0.433. The van der Waals surface area contributed by atoms with Gasteiger partial charge in [-0.2, -0.15) is 0 Å². The largest absolute Gasteiger partial charge is 0.374 e. The molecule has 6 heteroatoms. The SMILES string of the molecule is Cc1cc(C)c(COCC2COC(CCc3ccc(Cl)cc3)(Cn3ccnc3)O2)c(C)c1. The Hall–Kier alpha value is -2.18. The molecule has 0 spiro atoms. The van der Waals surface area contributed by atoms with E-state index in [4.69, 9.17) is 25.8 Å². The molecular weight excluding hydrogens is 424 g/mol. The van der Waals surface area contributed by atoms with Gasteiger partial charge in [-0.15, -0.1) is 0 Å². The minimum Gasteiger partial charge on any atom is -0.374 e. The van der Waals surface area contributed by atoms with Gasteiger partial charge in [0.1, 0.15) is 6.10 Å². The molecule has 170 valence electrons. The summed E-state index contributed by atoms with van der Waals surface area (Å²) in [5, 5.41) is 0.742. The molecule has 1 aromatic heterocycles. The molecule has 1 aliphatic rings. The number of nitrogens with zero attached hydrogens (tertiary/aromatic N) is 2. The highest BCUT2D eigenvalue weighted by atomic mass is 35.5. The van der Waals surface area contributed by atoms with E-state index in [1.54, 1.807) is 12.5 Å². The van der Waals surface area contributed by atoms with Crippen molar-refractivity contribution in [1.82, 2.24) is 9.55 Å². The number of hydrogen-bond donors (Lipinski definition) is 0. The second kappa shape index (κ2) is 10.2. The van der Waals surface area contributed by atoms with Crippen LogP contribution >= 0.6 is 11.6 Å².